The first-order valence-corrected chi connectivity index (χ1v) is 5.76. The van der Waals surface area contributed by atoms with Gasteiger partial charge in [-0.15, -0.1) is 0 Å². The minimum absolute atomic E-state index is 0.465. The molecule has 3 amide bonds. The lowest BCUT2D eigenvalue weighted by Crippen LogP contribution is -2.44. The summed E-state index contributed by atoms with van der Waals surface area (Å²) in [5, 5.41) is 13.4. The molecular weight excluding hydrogens is 262 g/mol. The van der Waals surface area contributed by atoms with Crippen LogP contribution in [0.3, 0.4) is 0 Å². The molecule has 0 aliphatic carbocycles. The molecule has 1 aromatic carbocycles. The average Bonchev–Trinajstić information content (AvgIpc) is 2.36. The molecule has 0 aromatic heterocycles. The van der Waals surface area contributed by atoms with Gasteiger partial charge in [-0.2, -0.15) is 0 Å². The zero-order chi connectivity index (χ0) is 15.1. The number of anilines is 1. The van der Waals surface area contributed by atoms with Crippen LogP contribution in [-0.4, -0.2) is 29.1 Å². The molecule has 7 nitrogen and oxygen atoms in total. The number of carboxylic acid groups (broad SMARTS) is 1. The highest BCUT2D eigenvalue weighted by Crippen LogP contribution is 2.11. The van der Waals surface area contributed by atoms with Crippen molar-refractivity contribution in [1.82, 2.24) is 5.32 Å². The molecule has 0 heterocycles. The molecule has 0 fully saturated rings. The number of primary amides is 1. The summed E-state index contributed by atoms with van der Waals surface area (Å²) in [7, 11) is 0. The molecule has 5 N–H and O–H groups in total. The molecule has 0 saturated heterocycles. The van der Waals surface area contributed by atoms with Gasteiger partial charge in [0.15, 0.2) is 0 Å². The number of rotatable bonds is 5. The predicted molar refractivity (Wildman–Crippen MR) is 73.9 cm³/mol. The van der Waals surface area contributed by atoms with Crippen molar-refractivity contribution in [3.8, 4) is 0 Å². The summed E-state index contributed by atoms with van der Waals surface area (Å²) in [5.41, 5.74) is 6.11. The van der Waals surface area contributed by atoms with Crippen LogP contribution in [-0.2, 0) is 9.59 Å². The van der Waals surface area contributed by atoms with Crippen molar-refractivity contribution < 1.29 is 19.5 Å². The van der Waals surface area contributed by atoms with Gasteiger partial charge in [-0.1, -0.05) is 12.1 Å². The normalized spacial score (nSPS) is 11.8. The number of amides is 3. The van der Waals surface area contributed by atoms with Gasteiger partial charge >= 0.3 is 12.0 Å². The number of carbonyl (C=O) groups is 3. The zero-order valence-corrected chi connectivity index (χ0v) is 10.8. The number of hydrogen-bond acceptors (Lipinski definition) is 3. The van der Waals surface area contributed by atoms with Crippen LogP contribution in [0.2, 0.25) is 0 Å². The minimum Gasteiger partial charge on any atom is -0.478 e. The number of carbonyl (C=O) groups excluding carboxylic acids is 2. The predicted octanol–water partition coefficient (Wildman–Crippen LogP) is 0.780. The van der Waals surface area contributed by atoms with Crippen molar-refractivity contribution in [2.45, 2.75) is 13.0 Å². The quantitative estimate of drug-likeness (QED) is 0.594. The van der Waals surface area contributed by atoms with Crippen LogP contribution in [0.15, 0.2) is 30.3 Å². The van der Waals surface area contributed by atoms with Gasteiger partial charge in [-0.3, -0.25) is 4.79 Å². The molecule has 20 heavy (non-hydrogen) atoms. The Morgan fingerprint density at radius 1 is 1.35 bits per heavy atom. The maximum atomic E-state index is 11.6. The molecule has 1 aromatic rings. The minimum atomic E-state index is -1.06. The molecule has 0 aliphatic rings. The van der Waals surface area contributed by atoms with Gasteiger partial charge in [0.1, 0.15) is 6.04 Å². The van der Waals surface area contributed by atoms with Crippen LogP contribution in [0.5, 0.6) is 0 Å². The van der Waals surface area contributed by atoms with Gasteiger partial charge in [0.25, 0.3) is 0 Å². The van der Waals surface area contributed by atoms with Crippen molar-refractivity contribution in [3.63, 3.8) is 0 Å². The Hall–Kier alpha value is -2.83. The summed E-state index contributed by atoms with van der Waals surface area (Å²) in [6.07, 6.45) is 2.39. The highest BCUT2D eigenvalue weighted by molar-refractivity contribution is 5.93. The molecular formula is C13H15N3O4. The van der Waals surface area contributed by atoms with Crippen molar-refractivity contribution in [2.24, 2.45) is 5.73 Å². The summed E-state index contributed by atoms with van der Waals surface area (Å²) in [5.74, 6) is -1.70. The largest absolute Gasteiger partial charge is 0.478 e. The monoisotopic (exact) mass is 277 g/mol. The topological polar surface area (TPSA) is 122 Å². The van der Waals surface area contributed by atoms with E-state index in [1.165, 1.54) is 13.0 Å². The van der Waals surface area contributed by atoms with Gasteiger partial charge in [0.2, 0.25) is 5.91 Å². The van der Waals surface area contributed by atoms with Crippen molar-refractivity contribution in [3.05, 3.63) is 35.9 Å². The lowest BCUT2D eigenvalue weighted by molar-refractivity contribution is -0.131. The fourth-order valence-corrected chi connectivity index (χ4v) is 1.32. The number of hydrogen-bond donors (Lipinski definition) is 4. The summed E-state index contributed by atoms with van der Waals surface area (Å²) < 4.78 is 0. The van der Waals surface area contributed by atoms with E-state index in [2.05, 4.69) is 10.6 Å². The van der Waals surface area contributed by atoms with Gasteiger partial charge in [-0.05, 0) is 30.7 Å². The van der Waals surface area contributed by atoms with E-state index < -0.39 is 23.9 Å². The molecule has 1 rings (SSSR count). The summed E-state index contributed by atoms with van der Waals surface area (Å²) in [6.45, 7) is 1.47. The number of benzene rings is 1. The second kappa shape index (κ2) is 6.93. The summed E-state index contributed by atoms with van der Waals surface area (Å²) in [4.78, 5) is 32.8. The Balaban J connectivity index is 2.68. The lowest BCUT2D eigenvalue weighted by Gasteiger charge is -2.11. The van der Waals surface area contributed by atoms with Crippen molar-refractivity contribution in [1.29, 1.82) is 0 Å². The Morgan fingerprint density at radius 2 is 2.05 bits per heavy atom. The van der Waals surface area contributed by atoms with E-state index >= 15 is 0 Å². The number of urea groups is 1. The van der Waals surface area contributed by atoms with E-state index in [1.54, 1.807) is 24.3 Å². The first kappa shape index (κ1) is 15.2. The highest BCUT2D eigenvalue weighted by Gasteiger charge is 2.11. The Labute approximate surface area is 115 Å². The third-order valence-electron chi connectivity index (χ3n) is 2.34. The van der Waals surface area contributed by atoms with Crippen LogP contribution in [0, 0.1) is 0 Å². The maximum absolute atomic E-state index is 11.6. The molecule has 0 bridgehead atoms. The van der Waals surface area contributed by atoms with Crippen LogP contribution >= 0.6 is 0 Å². The van der Waals surface area contributed by atoms with E-state index in [0.29, 0.717) is 11.3 Å². The molecule has 1 atom stereocenters. The van der Waals surface area contributed by atoms with E-state index in [1.807, 2.05) is 0 Å². The fourth-order valence-electron chi connectivity index (χ4n) is 1.32. The number of aliphatic carboxylic acids is 1. The van der Waals surface area contributed by atoms with Crippen LogP contribution in [0.4, 0.5) is 10.5 Å². The average molecular weight is 277 g/mol. The lowest BCUT2D eigenvalue weighted by atomic mass is 10.2. The SMILES string of the molecule is CC(NC(=O)Nc1cccc(/C=C/C(=O)O)c1)C(N)=O. The van der Waals surface area contributed by atoms with Crippen LogP contribution in [0.25, 0.3) is 6.08 Å². The number of carboxylic acids is 1. The number of nitrogens with one attached hydrogen (secondary N) is 2. The van der Waals surface area contributed by atoms with Gasteiger partial charge < -0.3 is 21.5 Å². The molecule has 0 aliphatic heterocycles. The van der Waals surface area contributed by atoms with Gasteiger partial charge in [-0.25, -0.2) is 9.59 Å². The summed E-state index contributed by atoms with van der Waals surface area (Å²) in [6, 6.07) is 5.21. The van der Waals surface area contributed by atoms with E-state index in [0.717, 1.165) is 6.08 Å². The molecule has 0 saturated carbocycles. The smallest absolute Gasteiger partial charge is 0.328 e. The van der Waals surface area contributed by atoms with E-state index in [4.69, 9.17) is 10.8 Å². The third-order valence-corrected chi connectivity index (χ3v) is 2.34. The second-order valence-electron chi connectivity index (χ2n) is 4.02. The number of nitrogens with two attached hydrogens (primary N) is 1. The van der Waals surface area contributed by atoms with Gasteiger partial charge in [0, 0.05) is 11.8 Å². The molecule has 7 heteroatoms. The van der Waals surface area contributed by atoms with Crippen molar-refractivity contribution >= 4 is 29.7 Å². The zero-order valence-electron chi connectivity index (χ0n) is 10.8. The summed E-state index contributed by atoms with van der Waals surface area (Å²) >= 11 is 0. The third kappa shape index (κ3) is 5.21. The van der Waals surface area contributed by atoms with E-state index in [-0.39, 0.29) is 0 Å². The Bertz CT molecular complexity index is 554. The van der Waals surface area contributed by atoms with Crippen LogP contribution < -0.4 is 16.4 Å². The Kier molecular flexibility index (Phi) is 5.28. The van der Waals surface area contributed by atoms with E-state index in [9.17, 15) is 14.4 Å². The fraction of sp³-hybridized carbons (Fsp3) is 0.154. The molecule has 0 spiro atoms. The molecule has 1 unspecified atom stereocenters. The van der Waals surface area contributed by atoms with Gasteiger partial charge in [0.05, 0.1) is 0 Å². The Morgan fingerprint density at radius 3 is 2.65 bits per heavy atom. The maximum Gasteiger partial charge on any atom is 0.328 e. The second-order valence-corrected chi connectivity index (χ2v) is 4.02. The highest BCUT2D eigenvalue weighted by atomic mass is 16.4. The van der Waals surface area contributed by atoms with Crippen molar-refractivity contribution in [2.75, 3.05) is 5.32 Å². The molecule has 0 radical (unpaired) electrons. The molecule has 106 valence electrons. The van der Waals surface area contributed by atoms with Crippen LogP contribution in [0.1, 0.15) is 12.5 Å². The standard InChI is InChI=1S/C13H15N3O4/c1-8(12(14)19)15-13(20)16-10-4-2-3-9(7-10)5-6-11(17)18/h2-8H,1H3,(H2,14,19)(H,17,18)(H2,15,16,20)/b6-5+. The first-order valence-electron chi connectivity index (χ1n) is 5.76. The first-order chi connectivity index (χ1) is 9.38.